The van der Waals surface area contributed by atoms with E-state index >= 15 is 0 Å². The Bertz CT molecular complexity index is 196. The van der Waals surface area contributed by atoms with Crippen LogP contribution < -0.4 is 0 Å². The fourth-order valence-electron chi connectivity index (χ4n) is 2.39. The average Bonchev–Trinajstić information content (AvgIpc) is 2.27. The fraction of sp³-hybridized carbons (Fsp3) is 1.00. The summed E-state index contributed by atoms with van der Waals surface area (Å²) in [6.07, 6.45) is 1.27. The van der Waals surface area contributed by atoms with Crippen LogP contribution in [0.2, 0.25) is 0 Å². The third-order valence-corrected chi connectivity index (χ3v) is 4.80. The largest absolute Gasteiger partial charge is 0.301 e. The summed E-state index contributed by atoms with van der Waals surface area (Å²) in [6.45, 7) is 11.9. The Morgan fingerprint density at radius 3 is 2.50 bits per heavy atom. The predicted molar refractivity (Wildman–Crippen MR) is 75.3 cm³/mol. The molecule has 0 aliphatic carbocycles. The minimum atomic E-state index is 0.761. The number of hydrogen-bond donors (Lipinski definition) is 0. The summed E-state index contributed by atoms with van der Waals surface area (Å²) in [5.74, 6) is 1.57. The third-order valence-electron chi connectivity index (χ3n) is 3.97. The Labute approximate surface area is 109 Å². The Balaban J connectivity index is 2.43. The molecule has 0 N–H and O–H groups in total. The van der Waals surface area contributed by atoms with Crippen LogP contribution in [0, 0.1) is 11.8 Å². The quantitative estimate of drug-likeness (QED) is 0.719. The van der Waals surface area contributed by atoms with Gasteiger partial charge < -0.3 is 9.80 Å². The standard InChI is InChI=1S/C13H27BrN2/c1-5-13-10-16(7-6-15(13)4)9-12(8-14)11(2)3/h11-13H,5-10H2,1-4H3. The van der Waals surface area contributed by atoms with E-state index in [9.17, 15) is 0 Å². The lowest BCUT2D eigenvalue weighted by Crippen LogP contribution is -2.52. The van der Waals surface area contributed by atoms with Crippen molar-refractivity contribution in [2.75, 3.05) is 38.6 Å². The van der Waals surface area contributed by atoms with E-state index in [1.54, 1.807) is 0 Å². The molecule has 96 valence electrons. The summed E-state index contributed by atoms with van der Waals surface area (Å²) in [7, 11) is 2.26. The van der Waals surface area contributed by atoms with Gasteiger partial charge in [-0.1, -0.05) is 36.7 Å². The molecule has 0 amide bonds. The van der Waals surface area contributed by atoms with E-state index in [-0.39, 0.29) is 0 Å². The zero-order valence-corrected chi connectivity index (χ0v) is 12.8. The van der Waals surface area contributed by atoms with Crippen LogP contribution >= 0.6 is 15.9 Å². The molecule has 2 unspecified atom stereocenters. The van der Waals surface area contributed by atoms with Gasteiger partial charge in [-0.25, -0.2) is 0 Å². The molecule has 0 aromatic heterocycles. The lowest BCUT2D eigenvalue weighted by atomic mass is 9.96. The lowest BCUT2D eigenvalue weighted by molar-refractivity contribution is 0.0787. The van der Waals surface area contributed by atoms with Gasteiger partial charge in [0.2, 0.25) is 0 Å². The van der Waals surface area contributed by atoms with Gasteiger partial charge in [0, 0.05) is 37.6 Å². The molecule has 3 heteroatoms. The van der Waals surface area contributed by atoms with Gasteiger partial charge in [0.25, 0.3) is 0 Å². The second-order valence-electron chi connectivity index (χ2n) is 5.46. The summed E-state index contributed by atoms with van der Waals surface area (Å²) in [4.78, 5) is 5.16. The van der Waals surface area contributed by atoms with Crippen molar-refractivity contribution in [1.82, 2.24) is 9.80 Å². The maximum absolute atomic E-state index is 3.65. The van der Waals surface area contributed by atoms with E-state index in [1.165, 1.54) is 32.6 Å². The number of likely N-dealkylation sites (N-methyl/N-ethyl adjacent to an activating group) is 1. The molecule has 0 saturated carbocycles. The second kappa shape index (κ2) is 6.97. The lowest BCUT2D eigenvalue weighted by Gasteiger charge is -2.40. The first-order chi connectivity index (χ1) is 7.58. The number of piperazine rings is 1. The molecular weight excluding hydrogens is 264 g/mol. The summed E-state index contributed by atoms with van der Waals surface area (Å²) < 4.78 is 0. The van der Waals surface area contributed by atoms with Crippen molar-refractivity contribution in [1.29, 1.82) is 0 Å². The SMILES string of the molecule is CCC1CN(CC(CBr)C(C)C)CCN1C. The smallest absolute Gasteiger partial charge is 0.0218 e. The van der Waals surface area contributed by atoms with Crippen molar-refractivity contribution in [3.05, 3.63) is 0 Å². The molecule has 1 heterocycles. The number of rotatable bonds is 5. The fourth-order valence-corrected chi connectivity index (χ4v) is 3.34. The van der Waals surface area contributed by atoms with Crippen LogP contribution in [0.25, 0.3) is 0 Å². The Morgan fingerprint density at radius 1 is 1.31 bits per heavy atom. The van der Waals surface area contributed by atoms with Crippen LogP contribution in [0.5, 0.6) is 0 Å². The van der Waals surface area contributed by atoms with E-state index in [1.807, 2.05) is 0 Å². The van der Waals surface area contributed by atoms with Crippen LogP contribution in [0.4, 0.5) is 0 Å². The highest BCUT2D eigenvalue weighted by Crippen LogP contribution is 2.18. The van der Waals surface area contributed by atoms with Crippen molar-refractivity contribution in [3.63, 3.8) is 0 Å². The highest BCUT2D eigenvalue weighted by atomic mass is 79.9. The number of hydrogen-bond acceptors (Lipinski definition) is 2. The maximum Gasteiger partial charge on any atom is 0.0218 e. The van der Waals surface area contributed by atoms with Gasteiger partial charge in [0.05, 0.1) is 0 Å². The van der Waals surface area contributed by atoms with Gasteiger partial charge in [0.1, 0.15) is 0 Å². The van der Waals surface area contributed by atoms with Gasteiger partial charge in [-0.05, 0) is 25.3 Å². The number of nitrogens with zero attached hydrogens (tertiary/aromatic N) is 2. The molecule has 0 bridgehead atoms. The highest BCUT2D eigenvalue weighted by molar-refractivity contribution is 9.09. The molecule has 0 aromatic rings. The Kier molecular flexibility index (Phi) is 6.30. The van der Waals surface area contributed by atoms with Gasteiger partial charge in [-0.15, -0.1) is 0 Å². The Morgan fingerprint density at radius 2 is 2.00 bits per heavy atom. The number of halogens is 1. The first-order valence-electron chi connectivity index (χ1n) is 6.57. The van der Waals surface area contributed by atoms with Crippen molar-refractivity contribution in [3.8, 4) is 0 Å². The van der Waals surface area contributed by atoms with E-state index in [2.05, 4.69) is 53.5 Å². The third kappa shape index (κ3) is 4.01. The second-order valence-corrected chi connectivity index (χ2v) is 6.11. The monoisotopic (exact) mass is 290 g/mol. The van der Waals surface area contributed by atoms with Crippen LogP contribution in [0.15, 0.2) is 0 Å². The topological polar surface area (TPSA) is 6.48 Å². The average molecular weight is 291 g/mol. The first kappa shape index (κ1) is 14.5. The number of alkyl halides is 1. The molecule has 0 spiro atoms. The van der Waals surface area contributed by atoms with Gasteiger partial charge >= 0.3 is 0 Å². The van der Waals surface area contributed by atoms with Crippen LogP contribution in [-0.2, 0) is 0 Å². The van der Waals surface area contributed by atoms with Gasteiger partial charge in [0.15, 0.2) is 0 Å². The molecule has 2 atom stereocenters. The van der Waals surface area contributed by atoms with Crippen molar-refractivity contribution in [2.24, 2.45) is 11.8 Å². The summed E-state index contributed by atoms with van der Waals surface area (Å²) in [6, 6.07) is 0.761. The van der Waals surface area contributed by atoms with Gasteiger partial charge in [-0.2, -0.15) is 0 Å². The zero-order chi connectivity index (χ0) is 12.1. The molecule has 16 heavy (non-hydrogen) atoms. The van der Waals surface area contributed by atoms with Crippen molar-refractivity contribution >= 4 is 15.9 Å². The molecular formula is C13H27BrN2. The molecule has 1 rings (SSSR count). The van der Waals surface area contributed by atoms with E-state index in [0.717, 1.165) is 23.2 Å². The molecule has 2 nitrogen and oxygen atoms in total. The minimum Gasteiger partial charge on any atom is -0.301 e. The van der Waals surface area contributed by atoms with Crippen LogP contribution in [0.3, 0.4) is 0 Å². The molecule has 1 aliphatic rings. The van der Waals surface area contributed by atoms with E-state index in [0.29, 0.717) is 0 Å². The molecule has 1 fully saturated rings. The maximum atomic E-state index is 3.65. The Hall–Kier alpha value is 0.400. The molecule has 1 saturated heterocycles. The van der Waals surface area contributed by atoms with Gasteiger partial charge in [-0.3, -0.25) is 0 Å². The van der Waals surface area contributed by atoms with Crippen LogP contribution in [-0.4, -0.2) is 54.4 Å². The highest BCUT2D eigenvalue weighted by Gasteiger charge is 2.25. The first-order valence-corrected chi connectivity index (χ1v) is 7.69. The zero-order valence-electron chi connectivity index (χ0n) is 11.2. The summed E-state index contributed by atoms with van der Waals surface area (Å²) >= 11 is 3.65. The normalized spacial score (nSPS) is 26.2. The molecule has 0 aromatic carbocycles. The molecule has 0 radical (unpaired) electrons. The van der Waals surface area contributed by atoms with Crippen molar-refractivity contribution < 1.29 is 0 Å². The van der Waals surface area contributed by atoms with E-state index in [4.69, 9.17) is 0 Å². The van der Waals surface area contributed by atoms with Crippen LogP contribution in [0.1, 0.15) is 27.2 Å². The predicted octanol–water partition coefficient (Wildman–Crippen LogP) is 2.68. The molecule has 1 aliphatic heterocycles. The minimum absolute atomic E-state index is 0.761. The summed E-state index contributed by atoms with van der Waals surface area (Å²) in [5, 5.41) is 1.13. The van der Waals surface area contributed by atoms with Crippen molar-refractivity contribution in [2.45, 2.75) is 33.2 Å². The summed E-state index contributed by atoms with van der Waals surface area (Å²) in [5.41, 5.74) is 0. The van der Waals surface area contributed by atoms with E-state index < -0.39 is 0 Å².